The summed E-state index contributed by atoms with van der Waals surface area (Å²) in [6, 6.07) is 6.12. The minimum atomic E-state index is -0.746. The maximum atomic E-state index is 13.3. The second-order valence-corrected chi connectivity index (χ2v) is 8.82. The lowest BCUT2D eigenvalue weighted by molar-refractivity contribution is -0.142. The Bertz CT molecular complexity index is 978. The summed E-state index contributed by atoms with van der Waals surface area (Å²) in [7, 11) is 1.74. The maximum absolute atomic E-state index is 13.3. The van der Waals surface area contributed by atoms with Crippen LogP contribution in [0.4, 0.5) is 4.39 Å². The molecule has 3 aliphatic rings. The average molecular weight is 413 g/mol. The van der Waals surface area contributed by atoms with Crippen molar-refractivity contribution in [3.8, 4) is 0 Å². The molecule has 1 spiro atoms. The van der Waals surface area contributed by atoms with Crippen molar-refractivity contribution in [2.45, 2.75) is 24.8 Å². The fourth-order valence-electron chi connectivity index (χ4n) is 4.67. The third-order valence-corrected chi connectivity index (χ3v) is 6.75. The summed E-state index contributed by atoms with van der Waals surface area (Å²) in [6.07, 6.45) is 5.19. The molecule has 3 aliphatic heterocycles. The van der Waals surface area contributed by atoms with Gasteiger partial charge < -0.3 is 14.5 Å². The Morgan fingerprint density at radius 1 is 1.41 bits per heavy atom. The quantitative estimate of drug-likeness (QED) is 0.706. The van der Waals surface area contributed by atoms with Crippen LogP contribution in [0.5, 0.6) is 0 Å². The molecule has 4 atom stereocenters. The lowest BCUT2D eigenvalue weighted by Gasteiger charge is -2.27. The van der Waals surface area contributed by atoms with Gasteiger partial charge in [0.25, 0.3) is 0 Å². The van der Waals surface area contributed by atoms with E-state index in [0.29, 0.717) is 19.6 Å². The van der Waals surface area contributed by atoms with E-state index in [0.717, 1.165) is 10.6 Å². The van der Waals surface area contributed by atoms with Crippen LogP contribution in [-0.4, -0.2) is 51.9 Å². The molecule has 8 heteroatoms. The molecular weight excluding hydrogens is 393 g/mol. The number of fused-ring (bicyclic) bond motifs is 1. The minimum absolute atomic E-state index is 0.0813. The molecule has 4 heterocycles. The van der Waals surface area contributed by atoms with E-state index in [1.54, 1.807) is 35.2 Å². The molecule has 6 nitrogen and oxygen atoms in total. The fourth-order valence-corrected chi connectivity index (χ4v) is 5.34. The summed E-state index contributed by atoms with van der Waals surface area (Å²) < 4.78 is 19.3. The zero-order valence-corrected chi connectivity index (χ0v) is 16.6. The summed E-state index contributed by atoms with van der Waals surface area (Å²) >= 11 is 1.50. The van der Waals surface area contributed by atoms with E-state index in [2.05, 4.69) is 4.98 Å². The number of likely N-dealkylation sites (tertiary alicyclic amines) is 1. The lowest BCUT2D eigenvalue weighted by Crippen LogP contribution is -2.44. The molecule has 0 aliphatic carbocycles. The summed E-state index contributed by atoms with van der Waals surface area (Å²) in [5.41, 5.74) is 0.0999. The number of nitrogens with zero attached hydrogens (tertiary/aromatic N) is 3. The number of aromatic nitrogens is 1. The molecule has 2 aromatic rings. The first kappa shape index (κ1) is 18.4. The normalized spacial score (nSPS) is 29.5. The second kappa shape index (κ2) is 6.74. The highest BCUT2D eigenvalue weighted by Crippen LogP contribution is 2.52. The van der Waals surface area contributed by atoms with Gasteiger partial charge in [0.05, 0.1) is 31.0 Å². The van der Waals surface area contributed by atoms with Crippen LogP contribution in [0, 0.1) is 17.7 Å². The van der Waals surface area contributed by atoms with Crippen molar-refractivity contribution < 1.29 is 18.7 Å². The molecule has 0 unspecified atom stereocenters. The van der Waals surface area contributed by atoms with E-state index in [-0.39, 0.29) is 23.7 Å². The van der Waals surface area contributed by atoms with Crippen molar-refractivity contribution in [2.24, 2.45) is 11.8 Å². The van der Waals surface area contributed by atoms with E-state index in [1.807, 2.05) is 17.5 Å². The van der Waals surface area contributed by atoms with Gasteiger partial charge in [0.15, 0.2) is 0 Å². The first-order valence-electron chi connectivity index (χ1n) is 9.51. The van der Waals surface area contributed by atoms with Gasteiger partial charge in [-0.3, -0.25) is 9.59 Å². The summed E-state index contributed by atoms with van der Waals surface area (Å²) in [5, 5.41) is 2.73. The highest BCUT2D eigenvalue weighted by molar-refractivity contribution is 7.09. The van der Waals surface area contributed by atoms with Crippen LogP contribution < -0.4 is 0 Å². The monoisotopic (exact) mass is 413 g/mol. The molecule has 1 aromatic carbocycles. The second-order valence-electron chi connectivity index (χ2n) is 7.84. The number of amides is 2. The van der Waals surface area contributed by atoms with E-state index in [9.17, 15) is 14.0 Å². The predicted octanol–water partition coefficient (Wildman–Crippen LogP) is 2.22. The number of ether oxygens (including phenoxy) is 1. The Labute approximate surface area is 171 Å². The summed E-state index contributed by atoms with van der Waals surface area (Å²) in [5.74, 6) is -1.55. The first-order chi connectivity index (χ1) is 14.0. The number of halogens is 1. The van der Waals surface area contributed by atoms with Crippen LogP contribution in [0.15, 0.2) is 48.0 Å². The van der Waals surface area contributed by atoms with Crippen molar-refractivity contribution in [3.05, 3.63) is 64.4 Å². The standard InChI is InChI=1S/C21H20FN3O3S/c1-24(11-16-23-8-9-29-16)19(26)17-15-6-7-21(28-15)12-25(20(27)18(17)21)10-13-2-4-14(22)5-3-13/h2-9,15,17-18H,10-12H2,1H3/t15-,17+,18+,21-/m0/s1. The average Bonchev–Trinajstić information content (AvgIpc) is 3.46. The number of benzene rings is 1. The van der Waals surface area contributed by atoms with Crippen molar-refractivity contribution in [1.82, 2.24) is 14.8 Å². The van der Waals surface area contributed by atoms with Gasteiger partial charge >= 0.3 is 0 Å². The minimum Gasteiger partial charge on any atom is -0.360 e. The summed E-state index contributed by atoms with van der Waals surface area (Å²) in [6.45, 7) is 1.19. The Morgan fingerprint density at radius 3 is 2.93 bits per heavy atom. The molecule has 0 saturated carbocycles. The predicted molar refractivity (Wildman–Crippen MR) is 104 cm³/mol. The van der Waals surface area contributed by atoms with Crippen LogP contribution >= 0.6 is 11.3 Å². The molecule has 29 heavy (non-hydrogen) atoms. The van der Waals surface area contributed by atoms with Gasteiger partial charge in [-0.25, -0.2) is 9.37 Å². The molecule has 0 radical (unpaired) electrons. The van der Waals surface area contributed by atoms with Gasteiger partial charge in [-0.15, -0.1) is 11.3 Å². The maximum Gasteiger partial charge on any atom is 0.230 e. The van der Waals surface area contributed by atoms with Gasteiger partial charge in [-0.2, -0.15) is 0 Å². The SMILES string of the molecule is CN(Cc1nccs1)C(=O)[C@@H]1[C@@H]2C=C[C@@]3(CN(Cc4ccc(F)cc4)C(=O)[C@@H]13)O2. The Hall–Kier alpha value is -2.58. The number of thiazole rings is 1. The number of hydrogen-bond acceptors (Lipinski definition) is 5. The van der Waals surface area contributed by atoms with Gasteiger partial charge in [0, 0.05) is 25.2 Å². The molecule has 2 fully saturated rings. The number of rotatable bonds is 5. The molecular formula is C21H20FN3O3S. The largest absolute Gasteiger partial charge is 0.360 e. The van der Waals surface area contributed by atoms with Crippen molar-refractivity contribution in [3.63, 3.8) is 0 Å². The van der Waals surface area contributed by atoms with Gasteiger partial charge in [0.2, 0.25) is 11.8 Å². The number of carbonyl (C=O) groups is 2. The van der Waals surface area contributed by atoms with Crippen LogP contribution in [-0.2, 0) is 27.4 Å². The van der Waals surface area contributed by atoms with Crippen molar-refractivity contribution >= 4 is 23.2 Å². The van der Waals surface area contributed by atoms with E-state index in [1.165, 1.54) is 23.5 Å². The van der Waals surface area contributed by atoms with Gasteiger partial charge in [-0.1, -0.05) is 24.3 Å². The van der Waals surface area contributed by atoms with Gasteiger partial charge in [0.1, 0.15) is 16.4 Å². The van der Waals surface area contributed by atoms with Crippen LogP contribution in [0.2, 0.25) is 0 Å². The Kier molecular flexibility index (Phi) is 4.29. The zero-order chi connectivity index (χ0) is 20.2. The van der Waals surface area contributed by atoms with E-state index >= 15 is 0 Å². The van der Waals surface area contributed by atoms with E-state index < -0.39 is 17.4 Å². The molecule has 2 saturated heterocycles. The molecule has 0 N–H and O–H groups in total. The van der Waals surface area contributed by atoms with Crippen LogP contribution in [0.3, 0.4) is 0 Å². The molecule has 1 aromatic heterocycles. The van der Waals surface area contributed by atoms with Crippen molar-refractivity contribution in [2.75, 3.05) is 13.6 Å². The Balaban J connectivity index is 1.36. The molecule has 5 rings (SSSR count). The lowest BCUT2D eigenvalue weighted by atomic mass is 9.76. The smallest absolute Gasteiger partial charge is 0.230 e. The third kappa shape index (κ3) is 2.98. The van der Waals surface area contributed by atoms with Crippen LogP contribution in [0.25, 0.3) is 0 Å². The number of hydrogen-bond donors (Lipinski definition) is 0. The van der Waals surface area contributed by atoms with Crippen molar-refractivity contribution in [1.29, 1.82) is 0 Å². The van der Waals surface area contributed by atoms with Gasteiger partial charge in [-0.05, 0) is 17.7 Å². The molecule has 150 valence electrons. The Morgan fingerprint density at radius 2 is 2.21 bits per heavy atom. The topological polar surface area (TPSA) is 62.7 Å². The fraction of sp³-hybridized carbons (Fsp3) is 0.381. The van der Waals surface area contributed by atoms with Crippen LogP contribution in [0.1, 0.15) is 10.6 Å². The zero-order valence-electron chi connectivity index (χ0n) is 15.8. The first-order valence-corrected chi connectivity index (χ1v) is 10.4. The highest BCUT2D eigenvalue weighted by atomic mass is 32.1. The van der Waals surface area contributed by atoms with E-state index in [4.69, 9.17) is 4.74 Å². The highest BCUT2D eigenvalue weighted by Gasteiger charge is 2.67. The number of carbonyl (C=O) groups excluding carboxylic acids is 2. The molecule has 2 amide bonds. The third-order valence-electron chi connectivity index (χ3n) is 5.98. The molecule has 2 bridgehead atoms. The summed E-state index contributed by atoms with van der Waals surface area (Å²) in [4.78, 5) is 34.1.